The first-order valence-corrected chi connectivity index (χ1v) is 7.41. The summed E-state index contributed by atoms with van der Waals surface area (Å²) in [5.74, 6) is 0.139. The van der Waals surface area contributed by atoms with Gasteiger partial charge in [-0.15, -0.1) is 0 Å². The number of hydrogen-bond acceptors (Lipinski definition) is 3. The monoisotopic (exact) mass is 330 g/mol. The topological polar surface area (TPSA) is 50.2 Å². The fourth-order valence-electron chi connectivity index (χ4n) is 2.02. The van der Waals surface area contributed by atoms with Crippen LogP contribution in [-0.2, 0) is 18.4 Å². The molecule has 0 fully saturated rings. The summed E-state index contributed by atoms with van der Waals surface area (Å²) in [7, 11) is 1.91. The largest absolute Gasteiger partial charge is 0.342 e. The molecular formula is C13H23BrN4O. The predicted octanol–water partition coefficient (Wildman–Crippen LogP) is 1.84. The van der Waals surface area contributed by atoms with E-state index in [1.807, 2.05) is 44.3 Å². The zero-order valence-electron chi connectivity index (χ0n) is 12.3. The summed E-state index contributed by atoms with van der Waals surface area (Å²) in [6, 6.07) is -0.193. The van der Waals surface area contributed by atoms with Crippen LogP contribution in [0.5, 0.6) is 0 Å². The number of nitrogens with zero attached hydrogens (tertiary/aromatic N) is 3. The average molecular weight is 331 g/mol. The van der Waals surface area contributed by atoms with Crippen LogP contribution in [0, 0.1) is 6.92 Å². The number of carbonyl (C=O) groups is 1. The Bertz CT molecular complexity index is 440. The number of carbonyl (C=O) groups excluding carboxylic acids is 1. The van der Waals surface area contributed by atoms with E-state index in [2.05, 4.69) is 26.3 Å². The molecule has 0 radical (unpaired) electrons. The Hall–Kier alpha value is -0.880. The number of nitrogens with one attached hydrogen (secondary N) is 1. The molecule has 0 saturated heterocycles. The molecule has 5 nitrogen and oxygen atoms in total. The SMILES string of the molecule is CCN(CC)C(=O)C(C)NCc1c(Br)c(C)nn1C. The van der Waals surface area contributed by atoms with Crippen LogP contribution in [0.2, 0.25) is 0 Å². The highest BCUT2D eigenvalue weighted by Crippen LogP contribution is 2.19. The van der Waals surface area contributed by atoms with Crippen molar-refractivity contribution in [3.63, 3.8) is 0 Å². The Balaban J connectivity index is 2.63. The van der Waals surface area contributed by atoms with E-state index in [4.69, 9.17) is 0 Å². The van der Waals surface area contributed by atoms with Gasteiger partial charge in [0, 0.05) is 26.7 Å². The van der Waals surface area contributed by atoms with E-state index in [1.54, 1.807) is 0 Å². The quantitative estimate of drug-likeness (QED) is 0.865. The van der Waals surface area contributed by atoms with Crippen molar-refractivity contribution in [2.45, 2.75) is 40.3 Å². The van der Waals surface area contributed by atoms with E-state index in [-0.39, 0.29) is 11.9 Å². The Labute approximate surface area is 123 Å². The molecular weight excluding hydrogens is 308 g/mol. The first-order chi connectivity index (χ1) is 8.92. The third-order valence-corrected chi connectivity index (χ3v) is 4.31. The maximum atomic E-state index is 12.1. The van der Waals surface area contributed by atoms with Crippen LogP contribution in [0.25, 0.3) is 0 Å². The van der Waals surface area contributed by atoms with Crippen molar-refractivity contribution in [1.29, 1.82) is 0 Å². The second kappa shape index (κ2) is 7.05. The van der Waals surface area contributed by atoms with Crippen molar-refractivity contribution < 1.29 is 4.79 Å². The summed E-state index contributed by atoms with van der Waals surface area (Å²) in [4.78, 5) is 14.0. The number of aryl methyl sites for hydroxylation is 2. The third kappa shape index (κ3) is 3.79. The van der Waals surface area contributed by atoms with Gasteiger partial charge in [-0.05, 0) is 43.6 Å². The van der Waals surface area contributed by atoms with Crippen LogP contribution in [0.3, 0.4) is 0 Å². The third-order valence-electron chi connectivity index (χ3n) is 3.28. The van der Waals surface area contributed by atoms with E-state index in [9.17, 15) is 4.79 Å². The fraction of sp³-hybridized carbons (Fsp3) is 0.692. The highest BCUT2D eigenvalue weighted by molar-refractivity contribution is 9.10. The van der Waals surface area contributed by atoms with Gasteiger partial charge in [0.05, 0.1) is 21.9 Å². The molecule has 0 saturated carbocycles. The lowest BCUT2D eigenvalue weighted by Gasteiger charge is -2.23. The Morgan fingerprint density at radius 3 is 2.47 bits per heavy atom. The molecule has 0 aliphatic rings. The Morgan fingerprint density at radius 2 is 2.05 bits per heavy atom. The van der Waals surface area contributed by atoms with Crippen LogP contribution in [-0.4, -0.2) is 39.7 Å². The zero-order chi connectivity index (χ0) is 14.6. The highest BCUT2D eigenvalue weighted by Gasteiger charge is 2.19. The molecule has 1 unspecified atom stereocenters. The molecule has 0 aliphatic heterocycles. The zero-order valence-corrected chi connectivity index (χ0v) is 13.9. The molecule has 1 amide bonds. The molecule has 1 aromatic rings. The van der Waals surface area contributed by atoms with Gasteiger partial charge >= 0.3 is 0 Å². The lowest BCUT2D eigenvalue weighted by Crippen LogP contribution is -2.44. The minimum Gasteiger partial charge on any atom is -0.342 e. The van der Waals surface area contributed by atoms with Gasteiger partial charge < -0.3 is 10.2 Å². The smallest absolute Gasteiger partial charge is 0.239 e. The second-order valence-corrected chi connectivity index (χ2v) is 5.38. The number of rotatable bonds is 6. The molecule has 0 spiro atoms. The van der Waals surface area contributed by atoms with Crippen molar-refractivity contribution in [2.24, 2.45) is 7.05 Å². The number of amides is 1. The van der Waals surface area contributed by atoms with Crippen LogP contribution in [0.1, 0.15) is 32.2 Å². The fourth-order valence-corrected chi connectivity index (χ4v) is 2.49. The van der Waals surface area contributed by atoms with E-state index in [1.165, 1.54) is 0 Å². The minimum absolute atomic E-state index is 0.139. The minimum atomic E-state index is -0.193. The second-order valence-electron chi connectivity index (χ2n) is 4.58. The molecule has 1 atom stereocenters. The molecule has 19 heavy (non-hydrogen) atoms. The summed E-state index contributed by atoms with van der Waals surface area (Å²) in [5, 5.41) is 7.60. The highest BCUT2D eigenvalue weighted by atomic mass is 79.9. The van der Waals surface area contributed by atoms with Crippen LogP contribution < -0.4 is 5.32 Å². The lowest BCUT2D eigenvalue weighted by atomic mass is 10.2. The van der Waals surface area contributed by atoms with Crippen LogP contribution in [0.15, 0.2) is 4.47 Å². The maximum absolute atomic E-state index is 12.1. The summed E-state index contributed by atoms with van der Waals surface area (Å²) in [5.41, 5.74) is 2.01. The van der Waals surface area contributed by atoms with Crippen molar-refractivity contribution in [1.82, 2.24) is 20.0 Å². The van der Waals surface area contributed by atoms with Gasteiger partial charge in [0.25, 0.3) is 0 Å². The number of hydrogen-bond donors (Lipinski definition) is 1. The van der Waals surface area contributed by atoms with E-state index >= 15 is 0 Å². The average Bonchev–Trinajstić information content (AvgIpc) is 2.62. The maximum Gasteiger partial charge on any atom is 0.239 e. The first-order valence-electron chi connectivity index (χ1n) is 6.62. The summed E-state index contributed by atoms with van der Waals surface area (Å²) < 4.78 is 2.84. The molecule has 0 aliphatic carbocycles. The van der Waals surface area contributed by atoms with Crippen molar-refractivity contribution in [3.8, 4) is 0 Å². The first kappa shape index (κ1) is 16.2. The molecule has 6 heteroatoms. The van der Waals surface area contributed by atoms with Gasteiger partial charge in [-0.2, -0.15) is 5.10 Å². The lowest BCUT2D eigenvalue weighted by molar-refractivity contribution is -0.132. The molecule has 1 heterocycles. The number of likely N-dealkylation sites (N-methyl/N-ethyl adjacent to an activating group) is 1. The van der Waals surface area contributed by atoms with Gasteiger partial charge in [0.2, 0.25) is 5.91 Å². The van der Waals surface area contributed by atoms with E-state index < -0.39 is 0 Å². The Morgan fingerprint density at radius 1 is 1.47 bits per heavy atom. The van der Waals surface area contributed by atoms with Crippen LogP contribution in [0.4, 0.5) is 0 Å². The van der Waals surface area contributed by atoms with E-state index in [0.717, 1.165) is 29.0 Å². The van der Waals surface area contributed by atoms with Gasteiger partial charge in [0.15, 0.2) is 0 Å². The van der Waals surface area contributed by atoms with Crippen molar-refractivity contribution in [2.75, 3.05) is 13.1 Å². The van der Waals surface area contributed by atoms with Crippen molar-refractivity contribution >= 4 is 21.8 Å². The predicted molar refractivity (Wildman–Crippen MR) is 79.9 cm³/mol. The van der Waals surface area contributed by atoms with E-state index in [0.29, 0.717) is 6.54 Å². The molecule has 1 N–H and O–H groups in total. The van der Waals surface area contributed by atoms with Gasteiger partial charge in [-0.1, -0.05) is 0 Å². The molecule has 1 aromatic heterocycles. The summed E-state index contributed by atoms with van der Waals surface area (Å²) in [6.07, 6.45) is 0. The molecule has 108 valence electrons. The Kier molecular flexibility index (Phi) is 6.00. The molecule has 0 aromatic carbocycles. The van der Waals surface area contributed by atoms with Gasteiger partial charge in [-0.3, -0.25) is 9.48 Å². The molecule has 0 bridgehead atoms. The summed E-state index contributed by atoms with van der Waals surface area (Å²) >= 11 is 3.53. The standard InChI is InChI=1S/C13H23BrN4O/c1-6-18(7-2)13(19)10(4)15-8-11-12(14)9(3)16-17(11)5/h10,15H,6-8H2,1-5H3. The summed E-state index contributed by atoms with van der Waals surface area (Å²) in [6.45, 7) is 9.96. The normalized spacial score (nSPS) is 12.5. The van der Waals surface area contributed by atoms with Gasteiger partial charge in [0.1, 0.15) is 0 Å². The van der Waals surface area contributed by atoms with Crippen LogP contribution >= 0.6 is 15.9 Å². The van der Waals surface area contributed by atoms with Crippen molar-refractivity contribution in [3.05, 3.63) is 15.9 Å². The number of halogens is 1. The number of aromatic nitrogens is 2. The molecule has 1 rings (SSSR count). The van der Waals surface area contributed by atoms with Gasteiger partial charge in [-0.25, -0.2) is 0 Å².